The fourth-order valence-electron chi connectivity index (χ4n) is 3.18. The minimum atomic E-state index is -3.86. The van der Waals surface area contributed by atoms with E-state index in [9.17, 15) is 22.4 Å². The lowest BCUT2D eigenvalue weighted by Crippen LogP contribution is -2.25. The molecule has 1 atom stereocenters. The Bertz CT molecular complexity index is 1050. The van der Waals surface area contributed by atoms with Crippen molar-refractivity contribution in [2.75, 3.05) is 7.05 Å². The zero-order valence-corrected chi connectivity index (χ0v) is 16.3. The molecular weight excluding hydrogens is 385 g/mol. The minimum absolute atomic E-state index is 0.277. The lowest BCUT2D eigenvalue weighted by Gasteiger charge is -2.14. The molecule has 28 heavy (non-hydrogen) atoms. The number of halogens is 1. The number of carbonyl (C=O) groups is 2. The van der Waals surface area contributed by atoms with E-state index in [1.807, 2.05) is 6.07 Å². The summed E-state index contributed by atoms with van der Waals surface area (Å²) in [6.07, 6.45) is 1.79. The summed E-state index contributed by atoms with van der Waals surface area (Å²) < 4.78 is 44.9. The Balaban J connectivity index is 1.79. The zero-order chi connectivity index (χ0) is 20.5. The van der Waals surface area contributed by atoms with E-state index in [0.29, 0.717) is 5.56 Å². The lowest BCUT2D eigenvalue weighted by molar-refractivity contribution is 0.0314. The highest BCUT2D eigenvalue weighted by Gasteiger charge is 2.25. The van der Waals surface area contributed by atoms with Gasteiger partial charge >= 0.3 is 5.97 Å². The van der Waals surface area contributed by atoms with Crippen LogP contribution >= 0.6 is 0 Å². The maximum Gasteiger partial charge on any atom is 0.341 e. The summed E-state index contributed by atoms with van der Waals surface area (Å²) in [4.78, 5) is 24.7. The molecule has 0 aliphatic heterocycles. The van der Waals surface area contributed by atoms with Crippen molar-refractivity contribution in [3.63, 3.8) is 0 Å². The van der Waals surface area contributed by atoms with E-state index < -0.39 is 39.3 Å². The molecular formula is C20H20FNO5S. The highest BCUT2D eigenvalue weighted by molar-refractivity contribution is 7.89. The van der Waals surface area contributed by atoms with Crippen molar-refractivity contribution < 1.29 is 27.1 Å². The molecule has 1 N–H and O–H groups in total. The molecule has 0 radical (unpaired) electrons. The number of benzene rings is 2. The fourth-order valence-corrected chi connectivity index (χ4v) is 3.94. The number of aryl methyl sites for hydroxylation is 2. The molecule has 148 valence electrons. The predicted molar refractivity (Wildman–Crippen MR) is 100 cm³/mol. The smallest absolute Gasteiger partial charge is 0.341 e. The van der Waals surface area contributed by atoms with Crippen LogP contribution < -0.4 is 4.72 Å². The summed E-state index contributed by atoms with van der Waals surface area (Å²) in [5, 5.41) is 0. The van der Waals surface area contributed by atoms with Crippen LogP contribution in [0.5, 0.6) is 0 Å². The third-order valence-electron chi connectivity index (χ3n) is 4.77. The van der Waals surface area contributed by atoms with Gasteiger partial charge in [0.05, 0.1) is 10.5 Å². The molecule has 0 saturated carbocycles. The summed E-state index contributed by atoms with van der Waals surface area (Å²) in [5.41, 5.74) is 2.20. The summed E-state index contributed by atoms with van der Waals surface area (Å²) in [7, 11) is -2.65. The van der Waals surface area contributed by atoms with Crippen LogP contribution in [0.3, 0.4) is 0 Å². The molecule has 0 heterocycles. The van der Waals surface area contributed by atoms with Crippen LogP contribution in [-0.2, 0) is 27.6 Å². The number of rotatable bonds is 6. The minimum Gasteiger partial charge on any atom is -0.451 e. The second kappa shape index (κ2) is 7.81. The third kappa shape index (κ3) is 3.98. The van der Waals surface area contributed by atoms with Crippen molar-refractivity contribution in [3.8, 4) is 0 Å². The van der Waals surface area contributed by atoms with Crippen molar-refractivity contribution in [2.24, 2.45) is 0 Å². The van der Waals surface area contributed by atoms with Crippen molar-refractivity contribution >= 4 is 21.8 Å². The largest absolute Gasteiger partial charge is 0.451 e. The van der Waals surface area contributed by atoms with Crippen LogP contribution in [0.15, 0.2) is 41.3 Å². The maximum atomic E-state index is 14.0. The average Bonchev–Trinajstić information content (AvgIpc) is 3.15. The predicted octanol–water partition coefficient (Wildman–Crippen LogP) is 2.65. The van der Waals surface area contributed by atoms with Crippen molar-refractivity contribution in [2.45, 2.75) is 37.2 Å². The number of nitrogens with one attached hydrogen (secondary N) is 1. The quantitative estimate of drug-likeness (QED) is 0.590. The lowest BCUT2D eigenvalue weighted by atomic mass is 10.0. The van der Waals surface area contributed by atoms with Gasteiger partial charge in [0.1, 0.15) is 5.82 Å². The first kappa shape index (κ1) is 20.2. The van der Waals surface area contributed by atoms with E-state index in [-0.39, 0.29) is 4.90 Å². The fraction of sp³-hybridized carbons (Fsp3) is 0.300. The first-order valence-corrected chi connectivity index (χ1v) is 10.3. The number of hydrogen-bond donors (Lipinski definition) is 1. The summed E-state index contributed by atoms with van der Waals surface area (Å²) in [6.45, 7) is 1.40. The number of carbonyl (C=O) groups excluding carboxylic acids is 2. The van der Waals surface area contributed by atoms with Gasteiger partial charge in [-0.2, -0.15) is 0 Å². The van der Waals surface area contributed by atoms with Crippen molar-refractivity contribution in [1.82, 2.24) is 4.72 Å². The Kier molecular flexibility index (Phi) is 5.62. The van der Waals surface area contributed by atoms with Gasteiger partial charge < -0.3 is 4.74 Å². The topological polar surface area (TPSA) is 89.5 Å². The van der Waals surface area contributed by atoms with Gasteiger partial charge in [-0.15, -0.1) is 0 Å². The maximum absolute atomic E-state index is 14.0. The number of sulfonamides is 1. The second-order valence-electron chi connectivity index (χ2n) is 6.60. The number of Topliss-reactive ketones (excluding diaryl/α,β-unsaturated/α-hetero) is 1. The van der Waals surface area contributed by atoms with Gasteiger partial charge in [0.25, 0.3) is 0 Å². The van der Waals surface area contributed by atoms with E-state index in [2.05, 4.69) is 4.72 Å². The Morgan fingerprint density at radius 3 is 2.54 bits per heavy atom. The molecule has 1 aliphatic rings. The number of ether oxygens (including phenoxy) is 1. The number of hydrogen-bond acceptors (Lipinski definition) is 5. The third-order valence-corrected chi connectivity index (χ3v) is 6.18. The van der Waals surface area contributed by atoms with E-state index in [0.717, 1.165) is 43.0 Å². The molecule has 2 aromatic carbocycles. The van der Waals surface area contributed by atoms with Crippen molar-refractivity contribution in [3.05, 3.63) is 64.5 Å². The van der Waals surface area contributed by atoms with Gasteiger partial charge in [0, 0.05) is 5.56 Å². The second-order valence-corrected chi connectivity index (χ2v) is 8.48. The van der Waals surface area contributed by atoms with Crippen LogP contribution in [-0.4, -0.2) is 33.3 Å². The Morgan fingerprint density at radius 2 is 1.82 bits per heavy atom. The first-order chi connectivity index (χ1) is 13.2. The SMILES string of the molecule is CNS(=O)(=O)c1ccc(F)c(C(=O)OC(C)C(=O)c2ccc3c(c2)CCC3)c1. The number of esters is 1. The Hall–Kier alpha value is -2.58. The first-order valence-electron chi connectivity index (χ1n) is 8.83. The molecule has 6 nitrogen and oxygen atoms in total. The van der Waals surface area contributed by atoms with Crippen LogP contribution in [0.25, 0.3) is 0 Å². The van der Waals surface area contributed by atoms with E-state index >= 15 is 0 Å². The zero-order valence-electron chi connectivity index (χ0n) is 15.5. The van der Waals surface area contributed by atoms with Crippen LogP contribution in [0.4, 0.5) is 4.39 Å². The van der Waals surface area contributed by atoms with Gasteiger partial charge in [-0.05, 0) is 68.6 Å². The molecule has 8 heteroatoms. The average molecular weight is 405 g/mol. The standard InChI is InChI=1S/C20H20FNO5S/c1-12(19(23)15-7-6-13-4-3-5-14(13)10-15)27-20(24)17-11-16(8-9-18(17)21)28(25,26)22-2/h6-12,22H,3-5H2,1-2H3. The molecule has 2 aromatic rings. The molecule has 0 fully saturated rings. The number of ketones is 1. The van der Waals surface area contributed by atoms with Crippen molar-refractivity contribution in [1.29, 1.82) is 0 Å². The van der Waals surface area contributed by atoms with Gasteiger partial charge in [-0.3, -0.25) is 4.79 Å². The van der Waals surface area contributed by atoms with Gasteiger partial charge in [0.2, 0.25) is 15.8 Å². The molecule has 0 saturated heterocycles. The van der Waals surface area contributed by atoms with E-state index in [4.69, 9.17) is 4.74 Å². The molecule has 1 unspecified atom stereocenters. The van der Waals surface area contributed by atoms with Crippen LogP contribution in [0.1, 0.15) is 45.2 Å². The van der Waals surface area contributed by atoms with Gasteiger partial charge in [0.15, 0.2) is 6.10 Å². The molecule has 0 aromatic heterocycles. The highest BCUT2D eigenvalue weighted by atomic mass is 32.2. The highest BCUT2D eigenvalue weighted by Crippen LogP contribution is 2.24. The van der Waals surface area contributed by atoms with Crippen LogP contribution in [0.2, 0.25) is 0 Å². The number of fused-ring (bicyclic) bond motifs is 1. The van der Waals surface area contributed by atoms with E-state index in [1.165, 1.54) is 19.5 Å². The Morgan fingerprint density at radius 1 is 1.11 bits per heavy atom. The summed E-state index contributed by atoms with van der Waals surface area (Å²) in [6, 6.07) is 8.18. The van der Waals surface area contributed by atoms with Crippen LogP contribution in [0, 0.1) is 5.82 Å². The van der Waals surface area contributed by atoms with E-state index in [1.54, 1.807) is 12.1 Å². The van der Waals surface area contributed by atoms with Gasteiger partial charge in [-0.1, -0.05) is 12.1 Å². The molecule has 0 spiro atoms. The Labute approximate surface area is 162 Å². The molecule has 3 rings (SSSR count). The molecule has 0 bridgehead atoms. The normalized spacial score (nSPS) is 14.4. The summed E-state index contributed by atoms with van der Waals surface area (Å²) >= 11 is 0. The molecule has 1 aliphatic carbocycles. The van der Waals surface area contributed by atoms with Gasteiger partial charge in [-0.25, -0.2) is 22.3 Å². The monoisotopic (exact) mass is 405 g/mol. The molecule has 0 amide bonds. The summed E-state index contributed by atoms with van der Waals surface area (Å²) in [5.74, 6) is -2.44.